The molecule has 1 aliphatic carbocycles. The molecule has 3 unspecified atom stereocenters. The van der Waals surface area contributed by atoms with Crippen LogP contribution in [0.2, 0.25) is 0 Å². The minimum atomic E-state index is 0.546. The van der Waals surface area contributed by atoms with Gasteiger partial charge in [0.25, 0.3) is 0 Å². The Morgan fingerprint density at radius 1 is 1.19 bits per heavy atom. The lowest BCUT2D eigenvalue weighted by Gasteiger charge is -2.28. The molecule has 1 aliphatic rings. The molecule has 1 fully saturated rings. The zero-order valence-electron chi connectivity index (χ0n) is 12.1. The maximum atomic E-state index is 3.89. The van der Waals surface area contributed by atoms with Crippen LogP contribution in [0.3, 0.4) is 0 Å². The van der Waals surface area contributed by atoms with Gasteiger partial charge in [0.1, 0.15) is 0 Å². The highest BCUT2D eigenvalue weighted by Gasteiger charge is 2.37. The molecule has 3 atom stereocenters. The minimum absolute atomic E-state index is 0.546. The standard InChI is InChI=1S/C15H31N/c1-7-13(8-2)12(4)16-14-10-15(5,6)9-11(14)3/h11-14,16H,7-10H2,1-6H3. The molecule has 1 heteroatoms. The summed E-state index contributed by atoms with van der Waals surface area (Å²) in [6, 6.07) is 1.42. The van der Waals surface area contributed by atoms with Crippen LogP contribution in [-0.2, 0) is 0 Å². The number of nitrogens with one attached hydrogen (secondary N) is 1. The molecule has 16 heavy (non-hydrogen) atoms. The highest BCUT2D eigenvalue weighted by molar-refractivity contribution is 4.92. The Hall–Kier alpha value is -0.0400. The van der Waals surface area contributed by atoms with E-state index in [0.29, 0.717) is 11.5 Å². The fourth-order valence-electron chi connectivity index (χ4n) is 3.59. The van der Waals surface area contributed by atoms with Crippen molar-refractivity contribution in [3.63, 3.8) is 0 Å². The Labute approximate surface area is 102 Å². The molecule has 1 nitrogen and oxygen atoms in total. The average Bonchev–Trinajstić information content (AvgIpc) is 2.41. The molecule has 96 valence electrons. The van der Waals surface area contributed by atoms with Crippen molar-refractivity contribution < 1.29 is 0 Å². The van der Waals surface area contributed by atoms with Crippen LogP contribution in [0.15, 0.2) is 0 Å². The van der Waals surface area contributed by atoms with Crippen LogP contribution in [0, 0.1) is 17.3 Å². The van der Waals surface area contributed by atoms with Gasteiger partial charge in [-0.1, -0.05) is 47.5 Å². The zero-order chi connectivity index (χ0) is 12.3. The maximum Gasteiger partial charge on any atom is 0.0101 e. The van der Waals surface area contributed by atoms with E-state index in [1.54, 1.807) is 0 Å². The monoisotopic (exact) mass is 225 g/mol. The van der Waals surface area contributed by atoms with E-state index in [4.69, 9.17) is 0 Å². The fourth-order valence-corrected chi connectivity index (χ4v) is 3.59. The molecule has 0 aromatic carbocycles. The third kappa shape index (κ3) is 3.48. The third-order valence-corrected chi connectivity index (χ3v) is 4.57. The van der Waals surface area contributed by atoms with Gasteiger partial charge in [-0.3, -0.25) is 0 Å². The van der Waals surface area contributed by atoms with E-state index in [0.717, 1.165) is 17.9 Å². The zero-order valence-corrected chi connectivity index (χ0v) is 12.1. The van der Waals surface area contributed by atoms with Crippen molar-refractivity contribution in [3.8, 4) is 0 Å². The van der Waals surface area contributed by atoms with Gasteiger partial charge in [0, 0.05) is 12.1 Å². The Morgan fingerprint density at radius 2 is 1.75 bits per heavy atom. The molecule has 0 amide bonds. The third-order valence-electron chi connectivity index (χ3n) is 4.57. The van der Waals surface area contributed by atoms with Gasteiger partial charge >= 0.3 is 0 Å². The Kier molecular flexibility index (Phi) is 4.85. The van der Waals surface area contributed by atoms with E-state index in [9.17, 15) is 0 Å². The largest absolute Gasteiger partial charge is 0.311 e. The summed E-state index contributed by atoms with van der Waals surface area (Å²) in [5, 5.41) is 3.89. The van der Waals surface area contributed by atoms with Crippen molar-refractivity contribution in [2.45, 2.75) is 79.3 Å². The van der Waals surface area contributed by atoms with E-state index < -0.39 is 0 Å². The lowest BCUT2D eigenvalue weighted by molar-refractivity contribution is 0.291. The van der Waals surface area contributed by atoms with E-state index >= 15 is 0 Å². The first-order valence-corrected chi connectivity index (χ1v) is 7.15. The SMILES string of the molecule is CCC(CC)C(C)NC1CC(C)(C)CC1C. The quantitative estimate of drug-likeness (QED) is 0.738. The first kappa shape index (κ1) is 14.0. The molecule has 0 radical (unpaired) electrons. The van der Waals surface area contributed by atoms with Crippen molar-refractivity contribution in [3.05, 3.63) is 0 Å². The van der Waals surface area contributed by atoms with E-state index in [2.05, 4.69) is 46.9 Å². The second kappa shape index (κ2) is 5.53. The number of hydrogen-bond acceptors (Lipinski definition) is 1. The molecule has 0 saturated heterocycles. The second-order valence-electron chi connectivity index (χ2n) is 6.69. The summed E-state index contributed by atoms with van der Waals surface area (Å²) in [5.74, 6) is 1.68. The van der Waals surface area contributed by atoms with Crippen LogP contribution < -0.4 is 5.32 Å². The molecule has 0 aromatic rings. The Bertz CT molecular complexity index is 205. The lowest BCUT2D eigenvalue weighted by atomic mass is 9.91. The van der Waals surface area contributed by atoms with Crippen LogP contribution in [-0.4, -0.2) is 12.1 Å². The van der Waals surface area contributed by atoms with Crippen molar-refractivity contribution in [2.75, 3.05) is 0 Å². The van der Waals surface area contributed by atoms with Gasteiger partial charge in [0.2, 0.25) is 0 Å². The van der Waals surface area contributed by atoms with E-state index in [1.165, 1.54) is 25.7 Å². The predicted molar refractivity (Wildman–Crippen MR) is 72.6 cm³/mol. The van der Waals surface area contributed by atoms with Crippen LogP contribution in [0.25, 0.3) is 0 Å². The first-order valence-electron chi connectivity index (χ1n) is 7.15. The molecule has 1 rings (SSSR count). The summed E-state index contributed by atoms with van der Waals surface area (Å²) in [7, 11) is 0. The maximum absolute atomic E-state index is 3.89. The summed E-state index contributed by atoms with van der Waals surface area (Å²) in [5.41, 5.74) is 0.546. The molecule has 0 spiro atoms. The summed E-state index contributed by atoms with van der Waals surface area (Å²) < 4.78 is 0. The Morgan fingerprint density at radius 3 is 2.12 bits per heavy atom. The van der Waals surface area contributed by atoms with E-state index in [-0.39, 0.29) is 0 Å². The highest BCUT2D eigenvalue weighted by atomic mass is 15.0. The topological polar surface area (TPSA) is 12.0 Å². The molecule has 0 aliphatic heterocycles. The van der Waals surface area contributed by atoms with Crippen molar-refractivity contribution >= 4 is 0 Å². The highest BCUT2D eigenvalue weighted by Crippen LogP contribution is 2.41. The lowest BCUT2D eigenvalue weighted by Crippen LogP contribution is -2.42. The molecular formula is C15H31N. The van der Waals surface area contributed by atoms with Gasteiger partial charge in [0.15, 0.2) is 0 Å². The number of rotatable bonds is 5. The molecule has 0 aromatic heterocycles. The van der Waals surface area contributed by atoms with Crippen LogP contribution in [0.5, 0.6) is 0 Å². The van der Waals surface area contributed by atoms with Crippen LogP contribution in [0.1, 0.15) is 67.2 Å². The van der Waals surface area contributed by atoms with Gasteiger partial charge in [-0.05, 0) is 37.0 Å². The molecule has 1 saturated carbocycles. The second-order valence-corrected chi connectivity index (χ2v) is 6.69. The van der Waals surface area contributed by atoms with Gasteiger partial charge < -0.3 is 5.32 Å². The summed E-state index contributed by atoms with van der Waals surface area (Å²) in [6.07, 6.45) is 5.32. The summed E-state index contributed by atoms with van der Waals surface area (Å²) >= 11 is 0. The fraction of sp³-hybridized carbons (Fsp3) is 1.00. The van der Waals surface area contributed by atoms with E-state index in [1.807, 2.05) is 0 Å². The van der Waals surface area contributed by atoms with Gasteiger partial charge in [-0.25, -0.2) is 0 Å². The smallest absolute Gasteiger partial charge is 0.0101 e. The summed E-state index contributed by atoms with van der Waals surface area (Å²) in [4.78, 5) is 0. The van der Waals surface area contributed by atoms with Crippen LogP contribution >= 0.6 is 0 Å². The predicted octanol–water partition coefficient (Wildman–Crippen LogP) is 4.23. The van der Waals surface area contributed by atoms with Crippen LogP contribution in [0.4, 0.5) is 0 Å². The minimum Gasteiger partial charge on any atom is -0.311 e. The normalized spacial score (nSPS) is 30.9. The van der Waals surface area contributed by atoms with Crippen molar-refractivity contribution in [1.82, 2.24) is 5.32 Å². The number of hydrogen-bond donors (Lipinski definition) is 1. The summed E-state index contributed by atoms with van der Waals surface area (Å²) in [6.45, 7) is 14.2. The Balaban J connectivity index is 2.48. The molecular weight excluding hydrogens is 194 g/mol. The van der Waals surface area contributed by atoms with Crippen molar-refractivity contribution in [1.29, 1.82) is 0 Å². The molecule has 1 N–H and O–H groups in total. The van der Waals surface area contributed by atoms with Gasteiger partial charge in [0.05, 0.1) is 0 Å². The molecule has 0 heterocycles. The average molecular weight is 225 g/mol. The van der Waals surface area contributed by atoms with Gasteiger partial charge in [-0.2, -0.15) is 0 Å². The molecule has 0 bridgehead atoms. The first-order chi connectivity index (χ1) is 7.39. The van der Waals surface area contributed by atoms with Crippen molar-refractivity contribution in [2.24, 2.45) is 17.3 Å². The van der Waals surface area contributed by atoms with Gasteiger partial charge in [-0.15, -0.1) is 0 Å².